The highest BCUT2D eigenvalue weighted by Crippen LogP contribution is 2.36. The summed E-state index contributed by atoms with van der Waals surface area (Å²) in [5, 5.41) is 3.56. The van der Waals surface area contributed by atoms with E-state index in [9.17, 15) is 0 Å². The Morgan fingerprint density at radius 1 is 1.08 bits per heavy atom. The number of nitrogens with one attached hydrogen (secondary N) is 1. The first-order chi connectivity index (χ1) is 12.3. The summed E-state index contributed by atoms with van der Waals surface area (Å²) < 4.78 is 5.20. The van der Waals surface area contributed by atoms with Crippen molar-refractivity contribution in [1.82, 2.24) is 15.1 Å². The molecular formula is C20H38N4O. The summed E-state index contributed by atoms with van der Waals surface area (Å²) in [7, 11) is 1.79. The van der Waals surface area contributed by atoms with Gasteiger partial charge in [0.1, 0.15) is 0 Å². The van der Waals surface area contributed by atoms with E-state index in [0.717, 1.165) is 44.0 Å². The van der Waals surface area contributed by atoms with Gasteiger partial charge in [-0.1, -0.05) is 12.8 Å². The lowest BCUT2D eigenvalue weighted by Gasteiger charge is -2.31. The smallest absolute Gasteiger partial charge is 0.193 e. The molecule has 0 spiro atoms. The molecule has 1 saturated carbocycles. The molecule has 3 aliphatic rings. The minimum atomic E-state index is 0.748. The van der Waals surface area contributed by atoms with Crippen LogP contribution in [0.4, 0.5) is 0 Å². The molecule has 5 heteroatoms. The predicted molar refractivity (Wildman–Crippen MR) is 104 cm³/mol. The maximum atomic E-state index is 5.20. The van der Waals surface area contributed by atoms with E-state index in [2.05, 4.69) is 22.0 Å². The molecule has 0 amide bonds. The second kappa shape index (κ2) is 9.77. The van der Waals surface area contributed by atoms with E-state index >= 15 is 0 Å². The molecule has 2 aliphatic heterocycles. The van der Waals surface area contributed by atoms with Gasteiger partial charge in [-0.25, -0.2) is 0 Å². The molecule has 3 fully saturated rings. The molecule has 2 atom stereocenters. The van der Waals surface area contributed by atoms with E-state index in [1.165, 1.54) is 70.7 Å². The maximum absolute atomic E-state index is 5.20. The van der Waals surface area contributed by atoms with Crippen LogP contribution >= 0.6 is 0 Å². The second-order valence-electron chi connectivity index (χ2n) is 8.18. The second-order valence-corrected chi connectivity index (χ2v) is 8.18. The first-order valence-electron chi connectivity index (χ1n) is 10.5. The third-order valence-electron chi connectivity index (χ3n) is 6.43. The number of aliphatic imine (C=N–C) groups is 1. The van der Waals surface area contributed by atoms with Crippen LogP contribution in [0.2, 0.25) is 0 Å². The van der Waals surface area contributed by atoms with E-state index in [0.29, 0.717) is 0 Å². The number of ether oxygens (including phenoxy) is 1. The summed E-state index contributed by atoms with van der Waals surface area (Å²) in [6, 6.07) is 0. The van der Waals surface area contributed by atoms with Crippen LogP contribution < -0.4 is 5.32 Å². The Bertz CT molecular complexity index is 406. The SMILES string of the molecule is CCNC(=NCC1CCN(CCOC)CC1)N1CC2CCCCC2C1. The van der Waals surface area contributed by atoms with Crippen LogP contribution in [0.25, 0.3) is 0 Å². The van der Waals surface area contributed by atoms with Crippen LogP contribution in [-0.4, -0.2) is 75.3 Å². The van der Waals surface area contributed by atoms with Gasteiger partial charge >= 0.3 is 0 Å². The van der Waals surface area contributed by atoms with Gasteiger partial charge in [-0.05, 0) is 63.5 Å². The van der Waals surface area contributed by atoms with E-state index in [-0.39, 0.29) is 0 Å². The van der Waals surface area contributed by atoms with Crippen LogP contribution in [0.15, 0.2) is 4.99 Å². The topological polar surface area (TPSA) is 40.1 Å². The van der Waals surface area contributed by atoms with Crippen LogP contribution in [0.1, 0.15) is 45.4 Å². The van der Waals surface area contributed by atoms with Gasteiger partial charge in [-0.15, -0.1) is 0 Å². The van der Waals surface area contributed by atoms with Crippen molar-refractivity contribution in [3.05, 3.63) is 0 Å². The molecule has 25 heavy (non-hydrogen) atoms. The van der Waals surface area contributed by atoms with Gasteiger partial charge in [0.25, 0.3) is 0 Å². The number of piperidine rings is 1. The average Bonchev–Trinajstić information content (AvgIpc) is 3.08. The van der Waals surface area contributed by atoms with Crippen LogP contribution in [-0.2, 0) is 4.74 Å². The minimum absolute atomic E-state index is 0.748. The number of hydrogen-bond acceptors (Lipinski definition) is 3. The zero-order valence-electron chi connectivity index (χ0n) is 16.4. The molecule has 1 N–H and O–H groups in total. The summed E-state index contributed by atoms with van der Waals surface area (Å²) in [5.41, 5.74) is 0. The molecule has 0 aromatic carbocycles. The Hall–Kier alpha value is -0.810. The fourth-order valence-electron chi connectivity index (χ4n) is 4.83. The lowest BCUT2D eigenvalue weighted by Crippen LogP contribution is -2.41. The molecule has 0 aromatic heterocycles. The monoisotopic (exact) mass is 350 g/mol. The summed E-state index contributed by atoms with van der Waals surface area (Å²) in [6.07, 6.45) is 8.28. The van der Waals surface area contributed by atoms with Gasteiger partial charge in [0.2, 0.25) is 0 Å². The van der Waals surface area contributed by atoms with Crippen molar-refractivity contribution in [2.75, 3.05) is 59.5 Å². The van der Waals surface area contributed by atoms with Gasteiger partial charge in [0.05, 0.1) is 6.61 Å². The van der Waals surface area contributed by atoms with Crippen molar-refractivity contribution in [2.24, 2.45) is 22.7 Å². The van der Waals surface area contributed by atoms with E-state index in [4.69, 9.17) is 9.73 Å². The van der Waals surface area contributed by atoms with Crippen molar-refractivity contribution >= 4 is 5.96 Å². The molecular weight excluding hydrogens is 312 g/mol. The largest absolute Gasteiger partial charge is 0.383 e. The predicted octanol–water partition coefficient (Wildman–Crippen LogP) is 2.43. The Labute approximate surface area is 154 Å². The third kappa shape index (κ3) is 5.33. The number of nitrogens with zero attached hydrogens (tertiary/aromatic N) is 3. The van der Waals surface area contributed by atoms with Gasteiger partial charge < -0.3 is 19.9 Å². The minimum Gasteiger partial charge on any atom is -0.383 e. The first-order valence-corrected chi connectivity index (χ1v) is 10.5. The first kappa shape index (κ1) is 19.0. The van der Waals surface area contributed by atoms with Crippen molar-refractivity contribution in [1.29, 1.82) is 0 Å². The molecule has 144 valence electrons. The Morgan fingerprint density at radius 2 is 1.76 bits per heavy atom. The van der Waals surface area contributed by atoms with Crippen LogP contribution in [0, 0.1) is 17.8 Å². The van der Waals surface area contributed by atoms with Crippen molar-refractivity contribution < 1.29 is 4.74 Å². The highest BCUT2D eigenvalue weighted by molar-refractivity contribution is 5.80. The fourth-order valence-corrected chi connectivity index (χ4v) is 4.83. The zero-order valence-corrected chi connectivity index (χ0v) is 16.4. The molecule has 3 rings (SSSR count). The summed E-state index contributed by atoms with van der Waals surface area (Å²) in [5.74, 6) is 3.76. The summed E-state index contributed by atoms with van der Waals surface area (Å²) >= 11 is 0. The number of likely N-dealkylation sites (tertiary alicyclic amines) is 2. The van der Waals surface area contributed by atoms with Gasteiger partial charge in [-0.2, -0.15) is 0 Å². The van der Waals surface area contributed by atoms with Crippen LogP contribution in [0.3, 0.4) is 0 Å². The molecule has 2 heterocycles. The Kier molecular flexibility index (Phi) is 7.41. The number of methoxy groups -OCH3 is 1. The third-order valence-corrected chi connectivity index (χ3v) is 6.43. The molecule has 2 unspecified atom stereocenters. The number of rotatable bonds is 6. The lowest BCUT2D eigenvalue weighted by molar-refractivity contribution is 0.121. The molecule has 0 bridgehead atoms. The zero-order chi connectivity index (χ0) is 17.5. The maximum Gasteiger partial charge on any atom is 0.193 e. The average molecular weight is 351 g/mol. The van der Waals surface area contributed by atoms with E-state index < -0.39 is 0 Å². The molecule has 2 saturated heterocycles. The van der Waals surface area contributed by atoms with E-state index in [1.807, 2.05) is 0 Å². The summed E-state index contributed by atoms with van der Waals surface area (Å²) in [4.78, 5) is 10.1. The Morgan fingerprint density at radius 3 is 2.36 bits per heavy atom. The van der Waals surface area contributed by atoms with Gasteiger partial charge in [0, 0.05) is 39.8 Å². The van der Waals surface area contributed by atoms with Gasteiger partial charge in [-0.3, -0.25) is 4.99 Å². The molecule has 1 aliphatic carbocycles. The molecule has 0 aromatic rings. The highest BCUT2D eigenvalue weighted by Gasteiger charge is 2.35. The quantitative estimate of drug-likeness (QED) is 0.590. The highest BCUT2D eigenvalue weighted by atomic mass is 16.5. The number of fused-ring (bicyclic) bond motifs is 1. The summed E-state index contributed by atoms with van der Waals surface area (Å²) in [6.45, 7) is 10.9. The standard InChI is InChI=1S/C20H38N4O/c1-3-21-20(24-15-18-6-4-5-7-19(18)16-24)22-14-17-8-10-23(11-9-17)12-13-25-2/h17-19H,3-16H2,1-2H3,(H,21,22). The Balaban J connectivity index is 1.48. The lowest BCUT2D eigenvalue weighted by atomic mass is 9.82. The van der Waals surface area contributed by atoms with Crippen molar-refractivity contribution in [3.8, 4) is 0 Å². The van der Waals surface area contributed by atoms with Gasteiger partial charge in [0.15, 0.2) is 5.96 Å². The molecule has 0 radical (unpaired) electrons. The fraction of sp³-hybridized carbons (Fsp3) is 0.950. The number of hydrogen-bond donors (Lipinski definition) is 1. The normalized spacial score (nSPS) is 29.0. The number of guanidine groups is 1. The molecule has 5 nitrogen and oxygen atoms in total. The van der Waals surface area contributed by atoms with E-state index in [1.54, 1.807) is 7.11 Å². The van der Waals surface area contributed by atoms with Crippen molar-refractivity contribution in [2.45, 2.75) is 45.4 Å². The van der Waals surface area contributed by atoms with Crippen molar-refractivity contribution in [3.63, 3.8) is 0 Å². The van der Waals surface area contributed by atoms with Crippen LogP contribution in [0.5, 0.6) is 0 Å².